The molecule has 1 saturated heterocycles. The first-order valence-electron chi connectivity index (χ1n) is 18.7. The molecule has 1 aliphatic heterocycles. The molecule has 0 unspecified atom stereocenters. The summed E-state index contributed by atoms with van der Waals surface area (Å²) in [5.41, 5.74) is 8.07. The number of fused-ring (bicyclic) bond motifs is 1. The maximum Gasteiger partial charge on any atom is 0.339 e. The van der Waals surface area contributed by atoms with Crippen LogP contribution in [0.5, 0.6) is 5.75 Å². The van der Waals surface area contributed by atoms with Crippen molar-refractivity contribution in [1.82, 2.24) is 24.4 Å². The van der Waals surface area contributed by atoms with Gasteiger partial charge in [0.1, 0.15) is 22.9 Å². The van der Waals surface area contributed by atoms with Gasteiger partial charge in [-0.05, 0) is 37.1 Å². The Labute approximate surface area is 335 Å². The number of ether oxygens (including phenoxy) is 4. The van der Waals surface area contributed by atoms with Gasteiger partial charge in [0.25, 0.3) is 0 Å². The van der Waals surface area contributed by atoms with Crippen LogP contribution in [-0.2, 0) is 32.0 Å². The summed E-state index contributed by atoms with van der Waals surface area (Å²) in [4.78, 5) is 66.0. The van der Waals surface area contributed by atoms with Gasteiger partial charge in [-0.1, -0.05) is 25.2 Å². The van der Waals surface area contributed by atoms with Crippen LogP contribution >= 0.6 is 11.8 Å². The van der Waals surface area contributed by atoms with Gasteiger partial charge in [0.15, 0.2) is 11.7 Å². The Balaban J connectivity index is 1.38. The van der Waals surface area contributed by atoms with Crippen LogP contribution in [0.2, 0.25) is 0 Å². The number of amides is 1. The third-order valence-electron chi connectivity index (χ3n) is 8.97. The van der Waals surface area contributed by atoms with Gasteiger partial charge in [-0.15, -0.1) is 11.8 Å². The molecule has 0 spiro atoms. The maximum absolute atomic E-state index is 13.1. The molecule has 1 aromatic carbocycles. The fourth-order valence-electron chi connectivity index (χ4n) is 6.08. The monoisotopic (exact) mass is 803 g/mol. The lowest BCUT2D eigenvalue weighted by Crippen LogP contribution is -2.37. The molecule has 16 nitrogen and oxygen atoms in total. The van der Waals surface area contributed by atoms with E-state index in [9.17, 15) is 19.2 Å². The van der Waals surface area contributed by atoms with E-state index in [2.05, 4.69) is 20.2 Å². The number of carbonyl (C=O) groups is 4. The molecular weight excluding hydrogens is 755 g/mol. The van der Waals surface area contributed by atoms with E-state index in [-0.39, 0.29) is 41.5 Å². The number of nitrogens with two attached hydrogens (primary N) is 1. The van der Waals surface area contributed by atoms with Crippen molar-refractivity contribution >= 4 is 58.3 Å². The number of benzene rings is 1. The molecular formula is C40H49N7O9S. The minimum absolute atomic E-state index is 0.0593. The van der Waals surface area contributed by atoms with Crippen LogP contribution in [0.15, 0.2) is 51.9 Å². The number of anilines is 1. The summed E-state index contributed by atoms with van der Waals surface area (Å²) in [5, 5.41) is 3.28. The summed E-state index contributed by atoms with van der Waals surface area (Å²) in [7, 11) is 2.63. The van der Waals surface area contributed by atoms with E-state index in [1.807, 2.05) is 23.6 Å². The lowest BCUT2D eigenvalue weighted by molar-refractivity contribution is -0.140. The summed E-state index contributed by atoms with van der Waals surface area (Å²) in [6.07, 6.45) is 10.4. The zero-order valence-electron chi connectivity index (χ0n) is 32.7. The number of ketones is 1. The number of nitrogens with zero attached hydrogens (tertiary/aromatic N) is 5. The van der Waals surface area contributed by atoms with E-state index in [4.69, 9.17) is 34.1 Å². The van der Waals surface area contributed by atoms with Gasteiger partial charge >= 0.3 is 11.9 Å². The molecule has 1 amide bonds. The average molecular weight is 804 g/mol. The van der Waals surface area contributed by atoms with Crippen molar-refractivity contribution in [3.8, 4) is 5.75 Å². The number of methoxy groups -OCH3 is 2. The number of thioether (sulfide) groups is 1. The molecule has 1 aliphatic rings. The lowest BCUT2D eigenvalue weighted by Gasteiger charge is -2.26. The molecule has 5 rings (SSSR count). The second kappa shape index (κ2) is 21.1. The number of primary amides is 1. The number of esters is 2. The quantitative estimate of drug-likeness (QED) is 0.0379. The molecule has 0 atom stereocenters. The van der Waals surface area contributed by atoms with Gasteiger partial charge in [0.05, 0.1) is 62.1 Å². The number of morpholine rings is 1. The van der Waals surface area contributed by atoms with Crippen molar-refractivity contribution in [3.05, 3.63) is 76.9 Å². The summed E-state index contributed by atoms with van der Waals surface area (Å²) in [5.74, 6) is 0.970. The standard InChI is InChI=1S/C40H49N7O9S/c1-5-29-37(56-26(2)44-29)31(48)10-8-11-34-45-30-22-27(38(41)50)23-32(55-18-9-14-46-16-19-54-20-17-46)36(30)47(34)15-7-6-13-42-39-33(57-21-12-35(49)52-3)24-28(25-43-39)40(51)53-4/h6-8,11,22-25H,5,9-10,12-21H2,1-4H3,(H2,41,50)(H,42,43)/b7-6+,11-8+. The molecule has 0 aliphatic carbocycles. The number of aryl methyl sites for hydroxylation is 2. The highest BCUT2D eigenvalue weighted by molar-refractivity contribution is 7.99. The van der Waals surface area contributed by atoms with Gasteiger partial charge in [0, 0.05) is 63.6 Å². The van der Waals surface area contributed by atoms with Crippen LogP contribution in [0.4, 0.5) is 5.82 Å². The van der Waals surface area contributed by atoms with Gasteiger partial charge in [-0.3, -0.25) is 19.3 Å². The molecule has 3 N–H and O–H groups in total. The number of allylic oxidation sites excluding steroid dienone is 2. The number of aromatic nitrogens is 4. The Hall–Kier alpha value is -5.52. The summed E-state index contributed by atoms with van der Waals surface area (Å²) in [6, 6.07) is 4.95. The molecule has 0 saturated carbocycles. The van der Waals surface area contributed by atoms with Crippen molar-refractivity contribution in [1.29, 1.82) is 0 Å². The van der Waals surface area contributed by atoms with E-state index in [1.54, 1.807) is 37.3 Å². The number of nitrogens with one attached hydrogen (secondary N) is 1. The number of imidazole rings is 1. The SMILES string of the molecule is CCc1nc(C)oc1C(=O)C/C=C/c1nc2cc(C(N)=O)cc(OCCCN3CCOCC3)c2n1C/C=C/CNc1ncc(C(=O)OC)cc1SCCC(=O)OC. The van der Waals surface area contributed by atoms with Crippen LogP contribution in [0.25, 0.3) is 17.1 Å². The van der Waals surface area contributed by atoms with Crippen molar-refractivity contribution in [3.63, 3.8) is 0 Å². The molecule has 17 heteroatoms. The topological polar surface area (TPSA) is 203 Å². The van der Waals surface area contributed by atoms with Crippen LogP contribution < -0.4 is 15.8 Å². The molecule has 4 aromatic rings. The van der Waals surface area contributed by atoms with Crippen molar-refractivity contribution < 1.29 is 42.5 Å². The zero-order chi connectivity index (χ0) is 40.7. The number of hydrogen-bond acceptors (Lipinski definition) is 15. The number of oxazole rings is 1. The minimum Gasteiger partial charge on any atom is -0.491 e. The second-order valence-corrected chi connectivity index (χ2v) is 14.1. The maximum atomic E-state index is 13.1. The Morgan fingerprint density at radius 1 is 1.04 bits per heavy atom. The summed E-state index contributed by atoms with van der Waals surface area (Å²) < 4.78 is 29.0. The highest BCUT2D eigenvalue weighted by atomic mass is 32.2. The number of hydrogen-bond donors (Lipinski definition) is 2. The number of Topliss-reactive ketones (excluding diaryl/α,β-unsaturated/α-hetero) is 1. The molecule has 3 aromatic heterocycles. The Morgan fingerprint density at radius 3 is 2.58 bits per heavy atom. The third-order valence-corrected chi connectivity index (χ3v) is 10.0. The predicted molar refractivity (Wildman–Crippen MR) is 215 cm³/mol. The Morgan fingerprint density at radius 2 is 1.84 bits per heavy atom. The minimum atomic E-state index is -0.608. The molecule has 0 radical (unpaired) electrons. The van der Waals surface area contributed by atoms with E-state index >= 15 is 0 Å². The van der Waals surface area contributed by atoms with Crippen LogP contribution in [0, 0.1) is 6.92 Å². The first-order valence-corrected chi connectivity index (χ1v) is 19.7. The van der Waals surface area contributed by atoms with E-state index in [1.165, 1.54) is 32.2 Å². The molecule has 1 fully saturated rings. The first kappa shape index (κ1) is 42.6. The van der Waals surface area contributed by atoms with Gasteiger partial charge in [-0.2, -0.15) is 0 Å². The fourth-order valence-corrected chi connectivity index (χ4v) is 7.04. The van der Waals surface area contributed by atoms with Gasteiger partial charge < -0.3 is 39.0 Å². The predicted octanol–water partition coefficient (Wildman–Crippen LogP) is 4.89. The van der Waals surface area contributed by atoms with Crippen molar-refractivity contribution in [2.75, 3.05) is 71.3 Å². The molecule has 0 bridgehead atoms. The van der Waals surface area contributed by atoms with Crippen LogP contribution in [0.1, 0.15) is 74.9 Å². The molecule has 57 heavy (non-hydrogen) atoms. The van der Waals surface area contributed by atoms with E-state index < -0.39 is 11.9 Å². The van der Waals surface area contributed by atoms with Crippen LogP contribution in [0.3, 0.4) is 0 Å². The van der Waals surface area contributed by atoms with Crippen molar-refractivity contribution in [2.45, 2.75) is 51.0 Å². The first-order chi connectivity index (χ1) is 27.6. The third kappa shape index (κ3) is 11.8. The Kier molecular flexibility index (Phi) is 15.8. The number of rotatable bonds is 21. The normalized spacial score (nSPS) is 13.4. The Bertz CT molecular complexity index is 2100. The zero-order valence-corrected chi connectivity index (χ0v) is 33.5. The van der Waals surface area contributed by atoms with Gasteiger partial charge in [0.2, 0.25) is 11.7 Å². The summed E-state index contributed by atoms with van der Waals surface area (Å²) in [6.45, 7) is 8.74. The fraction of sp³-hybridized carbons (Fsp3) is 0.425. The number of pyridine rings is 1. The average Bonchev–Trinajstić information content (AvgIpc) is 3.78. The smallest absolute Gasteiger partial charge is 0.339 e. The van der Waals surface area contributed by atoms with E-state index in [0.29, 0.717) is 90.0 Å². The second-order valence-electron chi connectivity index (χ2n) is 12.9. The summed E-state index contributed by atoms with van der Waals surface area (Å²) >= 11 is 1.36. The van der Waals surface area contributed by atoms with Crippen LogP contribution in [-0.4, -0.2) is 114 Å². The molecule has 304 valence electrons. The lowest BCUT2D eigenvalue weighted by atomic mass is 10.1. The highest BCUT2D eigenvalue weighted by Gasteiger charge is 2.20. The molecule has 4 heterocycles. The highest BCUT2D eigenvalue weighted by Crippen LogP contribution is 2.31. The van der Waals surface area contributed by atoms with Gasteiger partial charge in [-0.25, -0.2) is 19.7 Å². The van der Waals surface area contributed by atoms with Crippen molar-refractivity contribution in [2.24, 2.45) is 5.73 Å². The van der Waals surface area contributed by atoms with E-state index in [0.717, 1.165) is 26.1 Å². The number of carbonyl (C=O) groups excluding carboxylic acids is 4. The largest absolute Gasteiger partial charge is 0.491 e.